The lowest BCUT2D eigenvalue weighted by Crippen LogP contribution is -2.39. The van der Waals surface area contributed by atoms with E-state index in [-0.39, 0.29) is 28.8 Å². The van der Waals surface area contributed by atoms with Crippen LogP contribution in [0.5, 0.6) is 0 Å². The lowest BCUT2D eigenvalue weighted by molar-refractivity contribution is 0.0665. The zero-order chi connectivity index (χ0) is 17.7. The molecule has 0 radical (unpaired) electrons. The number of nitrogens with zero attached hydrogens (tertiary/aromatic N) is 3. The molecule has 0 saturated carbocycles. The number of imidazole rings is 1. The molecule has 3 aromatic rings. The number of benzene rings is 1. The van der Waals surface area contributed by atoms with Crippen molar-refractivity contribution < 1.29 is 13.6 Å². The molecular weight excluding hydrogens is 326 g/mol. The fraction of sp³-hybridized carbons (Fsp3) is 0.278. The minimum absolute atomic E-state index is 0.0155. The number of fused-ring (bicyclic) bond motifs is 2. The summed E-state index contributed by atoms with van der Waals surface area (Å²) in [7, 11) is 0. The molecule has 7 heteroatoms. The van der Waals surface area contributed by atoms with E-state index in [1.807, 2.05) is 19.1 Å². The topological polar surface area (TPSA) is 61.9 Å². The molecule has 0 aliphatic carbocycles. The summed E-state index contributed by atoms with van der Waals surface area (Å²) in [6.45, 7) is 4.05. The van der Waals surface area contributed by atoms with Crippen LogP contribution in [-0.4, -0.2) is 32.3 Å². The first-order valence-corrected chi connectivity index (χ1v) is 8.06. The van der Waals surface area contributed by atoms with Crippen molar-refractivity contribution in [3.63, 3.8) is 0 Å². The Hall–Kier alpha value is -2.83. The molecule has 0 spiro atoms. The van der Waals surface area contributed by atoms with Crippen molar-refractivity contribution in [3.8, 4) is 0 Å². The number of carbonyl (C=O) groups is 1. The smallest absolute Gasteiger partial charge is 0.290 e. The minimum Gasteiger partial charge on any atom is -0.331 e. The van der Waals surface area contributed by atoms with E-state index in [1.165, 1.54) is 0 Å². The molecule has 25 heavy (non-hydrogen) atoms. The fourth-order valence-electron chi connectivity index (χ4n) is 3.40. The lowest BCUT2D eigenvalue weighted by atomic mass is 9.98. The number of carbonyl (C=O) groups excluding carboxylic acids is 1. The van der Waals surface area contributed by atoms with E-state index >= 15 is 0 Å². The quantitative estimate of drug-likeness (QED) is 0.738. The highest BCUT2D eigenvalue weighted by molar-refractivity contribution is 5.95. The summed E-state index contributed by atoms with van der Waals surface area (Å²) in [5.74, 6) is -2.30. The second-order valence-corrected chi connectivity index (χ2v) is 6.26. The van der Waals surface area contributed by atoms with Gasteiger partial charge in [-0.15, -0.1) is 0 Å². The van der Waals surface area contributed by atoms with Crippen LogP contribution in [0.2, 0.25) is 0 Å². The Morgan fingerprint density at radius 3 is 3.00 bits per heavy atom. The molecule has 0 bridgehead atoms. The van der Waals surface area contributed by atoms with Crippen molar-refractivity contribution in [2.75, 3.05) is 6.54 Å². The maximum Gasteiger partial charge on any atom is 0.290 e. The van der Waals surface area contributed by atoms with Crippen LogP contribution in [0.1, 0.15) is 40.4 Å². The van der Waals surface area contributed by atoms with Crippen LogP contribution in [-0.2, 0) is 6.42 Å². The number of hydrogen-bond donors (Lipinski definition) is 1. The SMILES string of the molecule is Cc1cc(F)c(F)c2[nH]c(C(=O)N3CCc4ncccc4C3C)nc12. The van der Waals surface area contributed by atoms with Gasteiger partial charge in [-0.3, -0.25) is 9.78 Å². The Morgan fingerprint density at radius 1 is 1.40 bits per heavy atom. The first kappa shape index (κ1) is 15.7. The predicted molar refractivity (Wildman–Crippen MR) is 88.1 cm³/mol. The van der Waals surface area contributed by atoms with Gasteiger partial charge >= 0.3 is 0 Å². The molecule has 3 heterocycles. The number of rotatable bonds is 1. The second-order valence-electron chi connectivity index (χ2n) is 6.26. The number of halogens is 2. The van der Waals surface area contributed by atoms with Gasteiger partial charge in [-0.2, -0.15) is 0 Å². The minimum atomic E-state index is -1.02. The predicted octanol–water partition coefficient (Wildman–Crippen LogP) is 3.30. The first-order valence-electron chi connectivity index (χ1n) is 8.06. The van der Waals surface area contributed by atoms with Gasteiger partial charge in [-0.25, -0.2) is 13.8 Å². The monoisotopic (exact) mass is 342 g/mol. The molecule has 1 aliphatic heterocycles. The van der Waals surface area contributed by atoms with Gasteiger partial charge < -0.3 is 9.88 Å². The van der Waals surface area contributed by atoms with E-state index < -0.39 is 11.6 Å². The van der Waals surface area contributed by atoms with E-state index in [0.29, 0.717) is 18.5 Å². The Labute approximate surface area is 142 Å². The van der Waals surface area contributed by atoms with E-state index in [0.717, 1.165) is 17.3 Å². The van der Waals surface area contributed by atoms with Gasteiger partial charge in [-0.1, -0.05) is 6.07 Å². The van der Waals surface area contributed by atoms with Crippen molar-refractivity contribution >= 4 is 16.9 Å². The van der Waals surface area contributed by atoms with E-state index in [4.69, 9.17) is 0 Å². The van der Waals surface area contributed by atoms with Gasteiger partial charge in [0.05, 0.1) is 11.6 Å². The van der Waals surface area contributed by atoms with Gasteiger partial charge in [0.1, 0.15) is 5.52 Å². The summed E-state index contributed by atoms with van der Waals surface area (Å²) >= 11 is 0. The molecule has 1 aromatic carbocycles. The third-order valence-electron chi connectivity index (χ3n) is 4.75. The van der Waals surface area contributed by atoms with Gasteiger partial charge in [0.2, 0.25) is 0 Å². The average Bonchev–Trinajstić information content (AvgIpc) is 3.06. The standard InChI is InChI=1S/C18H16F2N4O/c1-9-8-12(19)14(20)16-15(9)22-17(23-16)18(25)24-7-5-13-11(10(24)2)4-3-6-21-13/h3-4,6,8,10H,5,7H2,1-2H3,(H,22,23). The molecular formula is C18H16F2N4O. The van der Waals surface area contributed by atoms with E-state index in [9.17, 15) is 13.6 Å². The summed E-state index contributed by atoms with van der Waals surface area (Å²) in [6, 6.07) is 4.70. The number of amides is 1. The molecule has 1 unspecified atom stereocenters. The molecule has 0 fully saturated rings. The molecule has 5 nitrogen and oxygen atoms in total. The van der Waals surface area contributed by atoms with Crippen LogP contribution in [0.3, 0.4) is 0 Å². The highest BCUT2D eigenvalue weighted by Gasteiger charge is 2.30. The van der Waals surface area contributed by atoms with E-state index in [2.05, 4.69) is 15.0 Å². The van der Waals surface area contributed by atoms with Gasteiger partial charge in [0, 0.05) is 24.9 Å². The van der Waals surface area contributed by atoms with Gasteiger partial charge in [-0.05, 0) is 37.1 Å². The van der Waals surface area contributed by atoms with Gasteiger partial charge in [0.15, 0.2) is 17.5 Å². The van der Waals surface area contributed by atoms with Crippen molar-refractivity contribution in [1.29, 1.82) is 0 Å². The van der Waals surface area contributed by atoms with Crippen molar-refractivity contribution in [2.24, 2.45) is 0 Å². The summed E-state index contributed by atoms with van der Waals surface area (Å²) in [5, 5.41) is 0. The van der Waals surface area contributed by atoms with Crippen LogP contribution >= 0.6 is 0 Å². The number of aromatic amines is 1. The van der Waals surface area contributed by atoms with Crippen molar-refractivity contribution in [3.05, 3.63) is 58.7 Å². The highest BCUT2D eigenvalue weighted by Crippen LogP contribution is 2.30. The summed E-state index contributed by atoms with van der Waals surface area (Å²) < 4.78 is 27.6. The fourth-order valence-corrected chi connectivity index (χ4v) is 3.40. The molecule has 0 saturated heterocycles. The summed E-state index contributed by atoms with van der Waals surface area (Å²) in [4.78, 5) is 25.8. The van der Waals surface area contributed by atoms with E-state index in [1.54, 1.807) is 18.0 Å². The average molecular weight is 342 g/mol. The maximum absolute atomic E-state index is 14.0. The van der Waals surface area contributed by atoms with Gasteiger partial charge in [0.25, 0.3) is 5.91 Å². The largest absolute Gasteiger partial charge is 0.331 e. The number of aromatic nitrogens is 3. The zero-order valence-electron chi connectivity index (χ0n) is 13.8. The summed E-state index contributed by atoms with van der Waals surface area (Å²) in [6.07, 6.45) is 2.39. The highest BCUT2D eigenvalue weighted by atomic mass is 19.2. The molecule has 4 rings (SSSR count). The number of aryl methyl sites for hydroxylation is 1. The van der Waals surface area contributed by atoms with Crippen LogP contribution < -0.4 is 0 Å². The first-order chi connectivity index (χ1) is 12.0. The number of H-pyrrole nitrogens is 1. The maximum atomic E-state index is 14.0. The molecule has 1 amide bonds. The normalized spacial score (nSPS) is 17.0. The zero-order valence-corrected chi connectivity index (χ0v) is 13.8. The Balaban J connectivity index is 1.74. The third kappa shape index (κ3) is 2.38. The van der Waals surface area contributed by atoms with Crippen LogP contribution in [0, 0.1) is 18.6 Å². The molecule has 1 atom stereocenters. The number of nitrogens with one attached hydrogen (secondary N) is 1. The van der Waals surface area contributed by atoms with Crippen molar-refractivity contribution in [2.45, 2.75) is 26.3 Å². The number of hydrogen-bond acceptors (Lipinski definition) is 3. The number of pyridine rings is 1. The molecule has 128 valence electrons. The molecule has 1 N–H and O–H groups in total. The second kappa shape index (κ2) is 5.61. The van der Waals surface area contributed by atoms with Crippen molar-refractivity contribution in [1.82, 2.24) is 19.9 Å². The summed E-state index contributed by atoms with van der Waals surface area (Å²) in [5.41, 5.74) is 2.64. The Bertz CT molecular complexity index is 998. The lowest BCUT2D eigenvalue weighted by Gasteiger charge is -2.34. The third-order valence-corrected chi connectivity index (χ3v) is 4.75. The molecule has 2 aromatic heterocycles. The van der Waals surface area contributed by atoms with Crippen LogP contribution in [0.25, 0.3) is 11.0 Å². The Kier molecular flexibility index (Phi) is 3.52. The van der Waals surface area contributed by atoms with Crippen LogP contribution in [0.15, 0.2) is 24.4 Å². The molecule has 1 aliphatic rings. The Morgan fingerprint density at radius 2 is 2.20 bits per heavy atom. The van der Waals surface area contributed by atoms with Crippen LogP contribution in [0.4, 0.5) is 8.78 Å².